The van der Waals surface area contributed by atoms with Gasteiger partial charge in [0.05, 0.1) is 53.2 Å². The van der Waals surface area contributed by atoms with Gasteiger partial charge in [-0.15, -0.1) is 0 Å². The highest BCUT2D eigenvalue weighted by molar-refractivity contribution is 6.15. The first-order chi connectivity index (χ1) is 40.1. The van der Waals surface area contributed by atoms with E-state index in [-0.39, 0.29) is 107 Å². The van der Waals surface area contributed by atoms with Gasteiger partial charge in [-0.1, -0.05) is 49.9 Å². The lowest BCUT2D eigenvalue weighted by Crippen LogP contribution is -2.39. The van der Waals surface area contributed by atoms with E-state index >= 15 is 0 Å². The van der Waals surface area contributed by atoms with Crippen molar-refractivity contribution < 1.29 is 53.3 Å². The molecule has 17 heteroatoms. The van der Waals surface area contributed by atoms with Crippen LogP contribution < -0.4 is 40.0 Å². The van der Waals surface area contributed by atoms with Crippen molar-refractivity contribution in [3.63, 3.8) is 0 Å². The average Bonchev–Trinajstić information content (AvgIpc) is 3.08. The number of anilines is 4. The zero-order valence-corrected chi connectivity index (χ0v) is 45.1. The minimum absolute atomic E-state index is 0.00681. The van der Waals surface area contributed by atoms with Gasteiger partial charge in [-0.2, -0.15) is 0 Å². The number of hydrogen-bond acceptors (Lipinski definition) is 12. The molecule has 10 rings (SSSR count). The molecule has 2 unspecified atom stereocenters. The number of aryl methyl sites for hydroxylation is 1. The van der Waals surface area contributed by atoms with Gasteiger partial charge >= 0.3 is 0 Å². The van der Waals surface area contributed by atoms with Crippen LogP contribution >= 0.6 is 0 Å². The molecule has 4 atom stereocenters. The number of ether oxygens (including phenoxy) is 3. The lowest BCUT2D eigenvalue weighted by atomic mass is 9.99. The summed E-state index contributed by atoms with van der Waals surface area (Å²) in [5.74, 6) is -3.25. The van der Waals surface area contributed by atoms with E-state index in [0.29, 0.717) is 67.7 Å². The molecule has 0 aromatic heterocycles. The molecule has 80 heavy (non-hydrogen) atoms. The summed E-state index contributed by atoms with van der Waals surface area (Å²) in [4.78, 5) is 103. The molecular formula is C63H65N7O10. The average molecular weight is 1080 g/mol. The summed E-state index contributed by atoms with van der Waals surface area (Å²) in [5, 5.41) is 8.78. The standard InChI is InChI=1S/C63H65N7O10/c1-37-23-49-51(64-33-46-28-43-13-6-9-17-53(43)69(46)62(49)76)31-56(37)79-35-41-25-42(36-80-58-32-52-50(30-57(58)78-5)63(77)70-47(34-65-52)29-44-14-7-10-18-54(44)70)27-45(26-41)67-61(75)38(2)24-55(72)40(4)66-59(73)19-11-8-15-48(71)16-12-22-68-39(3)20-21-60(68)74/h6-7,9-10,13-14,17-18,20-21,23,25-27,30-32,34,38,40,46-47,64H,3,8,11-12,15-16,19,22,24,28-29,33,35-36H2,1-2,4-5H3,(H,66,73)(H,67,75)/t38?,40?,46-,47-/m0/s1/i35D2,36D2. The molecule has 0 aliphatic carbocycles. The first-order valence-electron chi connectivity index (χ1n) is 28.9. The molecule has 412 valence electrons. The number of amides is 5. The number of rotatable bonds is 22. The molecule has 3 N–H and O–H groups in total. The van der Waals surface area contributed by atoms with Gasteiger partial charge in [-0.05, 0) is 116 Å². The molecule has 5 aliphatic heterocycles. The van der Waals surface area contributed by atoms with Crippen LogP contribution in [-0.2, 0) is 49.9 Å². The van der Waals surface area contributed by atoms with Crippen LogP contribution in [-0.4, -0.2) is 90.5 Å². The van der Waals surface area contributed by atoms with Gasteiger partial charge in [0, 0.05) is 98.3 Å². The zero-order valence-electron chi connectivity index (χ0n) is 49.1. The van der Waals surface area contributed by atoms with E-state index in [9.17, 15) is 39.0 Å². The monoisotopic (exact) mass is 1080 g/mol. The lowest BCUT2D eigenvalue weighted by Gasteiger charge is -2.22. The molecule has 0 radical (unpaired) electrons. The maximum Gasteiger partial charge on any atom is 0.261 e. The third-order valence-electron chi connectivity index (χ3n) is 15.0. The van der Waals surface area contributed by atoms with Gasteiger partial charge in [0.15, 0.2) is 17.3 Å². The molecular weight excluding hydrogens is 1010 g/mol. The van der Waals surface area contributed by atoms with Crippen molar-refractivity contribution in [2.75, 3.05) is 40.6 Å². The van der Waals surface area contributed by atoms with E-state index in [1.807, 2.05) is 48.5 Å². The molecule has 5 aromatic rings. The summed E-state index contributed by atoms with van der Waals surface area (Å²) in [6.07, 6.45) is 7.63. The van der Waals surface area contributed by atoms with Crippen LogP contribution in [0.2, 0.25) is 0 Å². The second-order valence-electron chi connectivity index (χ2n) is 20.8. The van der Waals surface area contributed by atoms with Crippen molar-refractivity contribution in [3.05, 3.63) is 154 Å². The Labute approximate surface area is 470 Å². The maximum absolute atomic E-state index is 14.2. The van der Waals surface area contributed by atoms with Gasteiger partial charge < -0.3 is 40.0 Å². The molecule has 0 fully saturated rings. The smallest absolute Gasteiger partial charge is 0.261 e. The molecule has 17 nitrogen and oxygen atoms in total. The second kappa shape index (κ2) is 23.6. The van der Waals surface area contributed by atoms with Crippen LogP contribution in [0.4, 0.5) is 28.4 Å². The fourth-order valence-corrected chi connectivity index (χ4v) is 10.7. The Balaban J connectivity index is 0.850. The number of nitrogens with zero attached hydrogens (tertiary/aromatic N) is 4. The Bertz CT molecular complexity index is 3590. The first-order valence-corrected chi connectivity index (χ1v) is 26.9. The number of fused-ring (bicyclic) bond motifs is 8. The summed E-state index contributed by atoms with van der Waals surface area (Å²) in [6.45, 7) is 3.78. The topological polar surface area (TPSA) is 205 Å². The SMILES string of the molecule is [2H]C([2H])(Oc1cc2c(cc1C)C(=O)N1c3ccccc3C[C@H]1CN2)c1cc(NC(=O)C(C)CC(=O)C(C)NC(=O)CCCCC(=O)CCCN2C(=C)C=CC2=O)cc(C([2H])([2H])Oc2cc3c(cc2OC)C(=O)N2c4ccccc4C[C@H]2C=N3)c1. The molecule has 0 saturated carbocycles. The highest BCUT2D eigenvalue weighted by Gasteiger charge is 2.39. The van der Waals surface area contributed by atoms with E-state index in [4.69, 9.17) is 14.2 Å². The van der Waals surface area contributed by atoms with Gasteiger partial charge in [-0.25, -0.2) is 0 Å². The predicted molar refractivity (Wildman–Crippen MR) is 305 cm³/mol. The van der Waals surface area contributed by atoms with Crippen molar-refractivity contribution in [1.29, 1.82) is 0 Å². The fraction of sp³-hybridized carbons (Fsp3) is 0.333. The molecule has 0 saturated heterocycles. The van der Waals surface area contributed by atoms with Gasteiger partial charge in [0.1, 0.15) is 24.7 Å². The molecule has 5 heterocycles. The normalized spacial score (nSPS) is 18.3. The van der Waals surface area contributed by atoms with E-state index in [0.717, 1.165) is 22.5 Å². The summed E-state index contributed by atoms with van der Waals surface area (Å²) < 4.78 is 55.7. The van der Waals surface area contributed by atoms with Crippen LogP contribution in [0.1, 0.15) is 113 Å². The van der Waals surface area contributed by atoms with E-state index in [1.54, 1.807) is 41.1 Å². The number of carbonyl (C=O) groups is 7. The van der Waals surface area contributed by atoms with Crippen molar-refractivity contribution in [1.82, 2.24) is 10.2 Å². The number of ketones is 2. The number of nitrogens with one attached hydrogen (secondary N) is 3. The Kier molecular flexibility index (Phi) is 14.6. The van der Waals surface area contributed by atoms with Crippen LogP contribution in [0.25, 0.3) is 0 Å². The number of carbonyl (C=O) groups excluding carboxylic acids is 7. The minimum atomic E-state index is -2.81. The van der Waals surface area contributed by atoms with Gasteiger partial charge in [-0.3, -0.25) is 43.5 Å². The van der Waals surface area contributed by atoms with Crippen molar-refractivity contribution >= 4 is 75.8 Å². The van der Waals surface area contributed by atoms with Crippen molar-refractivity contribution in [2.45, 2.75) is 110 Å². The fourth-order valence-electron chi connectivity index (χ4n) is 10.7. The van der Waals surface area contributed by atoms with Crippen LogP contribution in [0.15, 0.2) is 120 Å². The van der Waals surface area contributed by atoms with E-state index in [1.165, 1.54) is 62.3 Å². The number of para-hydroxylation sites is 2. The molecule has 5 amide bonds. The second-order valence-corrected chi connectivity index (χ2v) is 20.8. The number of unbranched alkanes of at least 4 members (excludes halogenated alkanes) is 1. The molecule has 0 spiro atoms. The molecule has 5 aliphatic rings. The summed E-state index contributed by atoms with van der Waals surface area (Å²) >= 11 is 0. The third kappa shape index (κ3) is 11.8. The Morgan fingerprint density at radius 3 is 2.19 bits per heavy atom. The Hall–Kier alpha value is -8.86. The first kappa shape index (κ1) is 49.4. The lowest BCUT2D eigenvalue weighted by molar-refractivity contribution is -0.129. The zero-order chi connectivity index (χ0) is 59.8. The minimum Gasteiger partial charge on any atom is -0.493 e. The number of aliphatic imine (C=N–C) groups is 1. The maximum atomic E-state index is 14.2. The highest BCUT2D eigenvalue weighted by Crippen LogP contribution is 2.42. The number of methoxy groups -OCH3 is 1. The summed E-state index contributed by atoms with van der Waals surface area (Å²) in [5.41, 5.74) is 5.30. The third-order valence-corrected chi connectivity index (χ3v) is 15.0. The van der Waals surface area contributed by atoms with Crippen molar-refractivity contribution in [3.8, 4) is 17.2 Å². The van der Waals surface area contributed by atoms with Crippen LogP contribution in [0.3, 0.4) is 0 Å². The summed E-state index contributed by atoms with van der Waals surface area (Å²) in [6, 6.07) is 23.7. The quantitative estimate of drug-likeness (QED) is 0.0557. The Morgan fingerprint density at radius 1 is 0.787 bits per heavy atom. The largest absolute Gasteiger partial charge is 0.493 e. The number of allylic oxidation sites excluding steroid dienone is 1. The predicted octanol–water partition coefficient (Wildman–Crippen LogP) is 9.31. The van der Waals surface area contributed by atoms with Gasteiger partial charge in [0.2, 0.25) is 11.8 Å². The van der Waals surface area contributed by atoms with Crippen molar-refractivity contribution in [2.24, 2.45) is 10.9 Å². The van der Waals surface area contributed by atoms with E-state index in [2.05, 4.69) is 27.5 Å². The molecule has 0 bridgehead atoms. The Morgan fingerprint density at radius 2 is 1.46 bits per heavy atom. The van der Waals surface area contributed by atoms with E-state index < -0.39 is 42.7 Å². The number of Topliss-reactive ketones (excluding diaryl/α,β-unsaturated/α-hetero) is 2. The number of benzene rings is 5. The van der Waals surface area contributed by atoms with Crippen LogP contribution in [0, 0.1) is 12.8 Å². The van der Waals surface area contributed by atoms with Gasteiger partial charge in [0.25, 0.3) is 17.7 Å². The van der Waals surface area contributed by atoms with Crippen LogP contribution in [0.5, 0.6) is 17.2 Å². The number of hydrogen-bond donors (Lipinski definition) is 3. The summed E-state index contributed by atoms with van der Waals surface area (Å²) in [7, 11) is 1.34. The highest BCUT2D eigenvalue weighted by atomic mass is 16.5. The molecule has 5 aromatic carbocycles.